The normalized spacial score (nSPS) is 11.1. The number of benzene rings is 1. The topological polar surface area (TPSA) is 55.8 Å². The average molecular weight is 350 g/mol. The summed E-state index contributed by atoms with van der Waals surface area (Å²) in [5.41, 5.74) is 0. The number of hydrogen-bond donors (Lipinski definition) is 1. The van der Waals surface area contributed by atoms with Gasteiger partial charge in [0, 0.05) is 0 Å². The summed E-state index contributed by atoms with van der Waals surface area (Å²) < 4.78 is 12.3. The number of methoxy groups -OCH3 is 2. The number of hydrogen-bond acceptors (Lipinski definition) is 3. The van der Waals surface area contributed by atoms with Crippen LogP contribution >= 0.6 is 0 Å². The zero-order valence-corrected chi connectivity index (χ0v) is 12.2. The van der Waals surface area contributed by atoms with Crippen LogP contribution in [0.2, 0.25) is 0 Å². The quantitative estimate of drug-likeness (QED) is 0.637. The van der Waals surface area contributed by atoms with Gasteiger partial charge in [0.1, 0.15) is 0 Å². The van der Waals surface area contributed by atoms with Crippen LogP contribution in [0.25, 0.3) is 0 Å². The molecule has 0 saturated heterocycles. The van der Waals surface area contributed by atoms with E-state index in [9.17, 15) is 4.79 Å². The molecule has 0 aliphatic heterocycles. The van der Waals surface area contributed by atoms with Crippen LogP contribution in [-0.2, 0) is 4.79 Å². The molecule has 0 fully saturated rings. The Hall–Kier alpha value is -1.18. The van der Waals surface area contributed by atoms with Crippen LogP contribution in [0, 0.1) is 0 Å². The van der Waals surface area contributed by atoms with Crippen LogP contribution in [0.1, 0.15) is 6.92 Å². The Labute approximate surface area is 110 Å². The first-order valence-corrected chi connectivity index (χ1v) is 7.20. The molecule has 0 aliphatic rings. The monoisotopic (exact) mass is 352 g/mol. The Bertz CT molecular complexity index is 418. The van der Waals surface area contributed by atoms with E-state index < -0.39 is 26.9 Å². The molecular weight excluding hydrogens is 336 g/mol. The van der Waals surface area contributed by atoms with Crippen LogP contribution in [-0.4, -0.2) is 46.2 Å². The Morgan fingerprint density at radius 1 is 1.24 bits per heavy atom. The van der Waals surface area contributed by atoms with Gasteiger partial charge in [-0.1, -0.05) is 0 Å². The molecule has 4 nitrogen and oxygen atoms in total. The van der Waals surface area contributed by atoms with Crippen LogP contribution in [0.15, 0.2) is 27.9 Å². The summed E-state index contributed by atoms with van der Waals surface area (Å²) >= 11 is -0.686. The molecule has 17 heavy (non-hydrogen) atoms. The number of aliphatic carboxylic acids is 1. The zero-order chi connectivity index (χ0) is 12.8. The molecule has 1 N–H and O–H groups in total. The van der Waals surface area contributed by atoms with Gasteiger partial charge in [0.15, 0.2) is 0 Å². The van der Waals surface area contributed by atoms with Gasteiger partial charge in [0.25, 0.3) is 0 Å². The van der Waals surface area contributed by atoms with Crippen molar-refractivity contribution in [3.8, 4) is 11.5 Å². The van der Waals surface area contributed by atoms with Gasteiger partial charge in [-0.25, -0.2) is 0 Å². The van der Waals surface area contributed by atoms with Crippen molar-refractivity contribution in [3.05, 3.63) is 27.9 Å². The molecular formula is C12H14O4Te. The third-order valence-electron chi connectivity index (χ3n) is 1.93. The van der Waals surface area contributed by atoms with E-state index in [2.05, 4.69) is 0 Å². The molecule has 0 heterocycles. The van der Waals surface area contributed by atoms with E-state index in [0.717, 1.165) is 18.7 Å². The van der Waals surface area contributed by atoms with Gasteiger partial charge in [-0.15, -0.1) is 0 Å². The van der Waals surface area contributed by atoms with Crippen LogP contribution < -0.4 is 13.1 Å². The van der Waals surface area contributed by atoms with Crippen molar-refractivity contribution in [2.24, 2.45) is 0 Å². The van der Waals surface area contributed by atoms with Gasteiger partial charge in [-0.3, -0.25) is 0 Å². The summed E-state index contributed by atoms with van der Waals surface area (Å²) in [4.78, 5) is 10.5. The summed E-state index contributed by atoms with van der Waals surface area (Å²) in [7, 11) is 3.19. The molecule has 0 bridgehead atoms. The average Bonchev–Trinajstić information content (AvgIpc) is 2.27. The van der Waals surface area contributed by atoms with Crippen molar-refractivity contribution in [2.45, 2.75) is 6.92 Å². The Morgan fingerprint density at radius 3 is 2.18 bits per heavy atom. The molecule has 1 rings (SSSR count). The van der Waals surface area contributed by atoms with Crippen LogP contribution in [0.5, 0.6) is 11.5 Å². The Morgan fingerprint density at radius 2 is 1.76 bits per heavy atom. The number of carboxylic acid groups (broad SMARTS) is 1. The van der Waals surface area contributed by atoms with Gasteiger partial charge >= 0.3 is 110 Å². The predicted molar refractivity (Wildman–Crippen MR) is 66.3 cm³/mol. The van der Waals surface area contributed by atoms with Crippen molar-refractivity contribution < 1.29 is 19.4 Å². The maximum absolute atomic E-state index is 10.5. The van der Waals surface area contributed by atoms with Crippen LogP contribution in [0.4, 0.5) is 0 Å². The standard InChI is InChI=1S/C12H14O4Te/c1-8(4-12(13)14)17-11-6-9(15-2)5-10(7-11)16-3/h4-7H,1-3H3,(H,13,14). The molecule has 0 unspecified atom stereocenters. The molecule has 0 aliphatic carbocycles. The van der Waals surface area contributed by atoms with Crippen molar-refractivity contribution in [2.75, 3.05) is 14.2 Å². The summed E-state index contributed by atoms with van der Waals surface area (Å²) in [6.45, 7) is 1.84. The number of carbonyl (C=O) groups is 1. The maximum atomic E-state index is 10.5. The van der Waals surface area contributed by atoms with E-state index in [1.165, 1.54) is 6.08 Å². The second-order valence-electron chi connectivity index (χ2n) is 3.24. The third-order valence-corrected chi connectivity index (χ3v) is 4.53. The van der Waals surface area contributed by atoms with Crippen molar-refractivity contribution in [3.63, 3.8) is 0 Å². The number of ether oxygens (including phenoxy) is 2. The second kappa shape index (κ2) is 6.53. The molecule has 0 aromatic heterocycles. The van der Waals surface area contributed by atoms with Gasteiger partial charge in [0.05, 0.1) is 0 Å². The fraction of sp³-hybridized carbons (Fsp3) is 0.250. The molecule has 1 aromatic rings. The SMILES string of the molecule is COc1cc(OC)cc([Te]C(C)=CC(=O)O)c1. The molecule has 0 saturated carbocycles. The van der Waals surface area contributed by atoms with E-state index in [1.807, 2.05) is 19.1 Å². The van der Waals surface area contributed by atoms with E-state index >= 15 is 0 Å². The van der Waals surface area contributed by atoms with Gasteiger partial charge in [-0.2, -0.15) is 0 Å². The van der Waals surface area contributed by atoms with Crippen molar-refractivity contribution >= 4 is 30.5 Å². The summed E-state index contributed by atoms with van der Waals surface area (Å²) in [5, 5.41) is 8.66. The molecule has 0 atom stereocenters. The fourth-order valence-corrected chi connectivity index (χ4v) is 3.75. The molecule has 1 aromatic carbocycles. The molecule has 0 spiro atoms. The van der Waals surface area contributed by atoms with Gasteiger partial charge in [0.2, 0.25) is 0 Å². The molecule has 5 heteroatoms. The van der Waals surface area contributed by atoms with Gasteiger partial charge < -0.3 is 0 Å². The molecule has 0 radical (unpaired) electrons. The number of rotatable bonds is 5. The first-order valence-electron chi connectivity index (χ1n) is 4.87. The third kappa shape index (κ3) is 4.68. The minimum absolute atomic E-state index is 0.686. The van der Waals surface area contributed by atoms with E-state index in [1.54, 1.807) is 20.3 Å². The number of allylic oxidation sites excluding steroid dienone is 1. The Balaban J connectivity index is 2.94. The molecule has 92 valence electrons. The van der Waals surface area contributed by atoms with E-state index in [-0.39, 0.29) is 0 Å². The first kappa shape index (κ1) is 13.9. The minimum atomic E-state index is -0.900. The van der Waals surface area contributed by atoms with E-state index in [0.29, 0.717) is 0 Å². The predicted octanol–water partition coefficient (Wildman–Crippen LogP) is 1.02. The number of carboxylic acids is 1. The van der Waals surface area contributed by atoms with Crippen molar-refractivity contribution in [1.82, 2.24) is 0 Å². The summed E-state index contributed by atoms with van der Waals surface area (Å²) in [6, 6.07) is 5.64. The fourth-order valence-electron chi connectivity index (χ4n) is 1.23. The van der Waals surface area contributed by atoms with E-state index in [4.69, 9.17) is 14.6 Å². The summed E-state index contributed by atoms with van der Waals surface area (Å²) in [5.74, 6) is 0.558. The van der Waals surface area contributed by atoms with Crippen LogP contribution in [0.3, 0.4) is 0 Å². The summed E-state index contributed by atoms with van der Waals surface area (Å²) in [6.07, 6.45) is 1.26. The first-order chi connectivity index (χ1) is 8.05. The second-order valence-corrected chi connectivity index (χ2v) is 7.01. The van der Waals surface area contributed by atoms with Gasteiger partial charge in [-0.05, 0) is 0 Å². The van der Waals surface area contributed by atoms with Crippen molar-refractivity contribution in [1.29, 1.82) is 0 Å². The Kier molecular flexibility index (Phi) is 5.33. The zero-order valence-electron chi connectivity index (χ0n) is 9.89. The molecule has 0 amide bonds.